The van der Waals surface area contributed by atoms with Crippen LogP contribution in [-0.2, 0) is 23.5 Å². The van der Waals surface area contributed by atoms with E-state index in [0.717, 1.165) is 6.42 Å². The first-order chi connectivity index (χ1) is 9.26. The zero-order chi connectivity index (χ0) is 13.7. The Morgan fingerprint density at radius 3 is 2.32 bits per heavy atom. The van der Waals surface area contributed by atoms with Crippen LogP contribution in [-0.4, -0.2) is 0 Å². The number of allylic oxidation sites excluding steroid dienone is 1. The van der Waals surface area contributed by atoms with E-state index in [0.29, 0.717) is 0 Å². The molecule has 19 heavy (non-hydrogen) atoms. The van der Waals surface area contributed by atoms with Crippen molar-refractivity contribution in [2.45, 2.75) is 13.3 Å². The van der Waals surface area contributed by atoms with Crippen molar-refractivity contribution in [3.8, 4) is 11.1 Å². The molecule has 0 fully saturated rings. The van der Waals surface area contributed by atoms with Crippen LogP contribution >= 0.6 is 18.6 Å². The fourth-order valence-electron chi connectivity index (χ4n) is 2.40. The predicted octanol–water partition coefficient (Wildman–Crippen LogP) is 5.69. The molecule has 3 heteroatoms. The third-order valence-corrected chi connectivity index (χ3v) is 3.14. The van der Waals surface area contributed by atoms with E-state index in [2.05, 4.69) is 61.5 Å². The van der Waals surface area contributed by atoms with Crippen LogP contribution in [0.5, 0.6) is 0 Å². The van der Waals surface area contributed by atoms with Gasteiger partial charge in [-0.15, -0.1) is 0 Å². The summed E-state index contributed by atoms with van der Waals surface area (Å²) in [7, 11) is 9.78. The average molecular weight is 325 g/mol. The van der Waals surface area contributed by atoms with Gasteiger partial charge in [-0.25, -0.2) is 0 Å². The molecule has 0 amide bonds. The van der Waals surface area contributed by atoms with Crippen LogP contribution in [0.4, 0.5) is 0 Å². The quantitative estimate of drug-likeness (QED) is 0.591. The Hall–Kier alpha value is -0.526. The van der Waals surface area contributed by atoms with E-state index in [1.54, 1.807) is 0 Å². The molecule has 0 saturated heterocycles. The molecule has 0 aliphatic heterocycles. The van der Waals surface area contributed by atoms with E-state index < -0.39 is 17.0 Å². The molecular weight excluding hydrogens is 311 g/mol. The standard InChI is InChI=1S/C16H14.2ClH.Ti/c1-12-10-14-8-5-9-15(16(14)11-12)13-6-3-2-4-7-13;;;/h2-9,11H,10H2,1H3;2*1H;/q;;;+2/p-2. The molecule has 3 rings (SSSR count). The molecule has 96 valence electrons. The molecular formula is C16H14Cl2Ti. The van der Waals surface area contributed by atoms with Gasteiger partial charge in [0.05, 0.1) is 0 Å². The molecule has 0 nitrogen and oxygen atoms in total. The molecule has 0 N–H and O–H groups in total. The SMILES string of the molecule is CC1=Cc2c(cccc2-c2ccccc2)C1.[Cl][Ti][Cl]. The summed E-state index contributed by atoms with van der Waals surface area (Å²) in [6, 6.07) is 17.2. The fourth-order valence-corrected chi connectivity index (χ4v) is 2.40. The second-order valence-corrected chi connectivity index (χ2v) is 7.06. The van der Waals surface area contributed by atoms with Gasteiger partial charge in [-0.1, -0.05) is 60.2 Å². The number of halogens is 2. The van der Waals surface area contributed by atoms with Crippen molar-refractivity contribution < 1.29 is 17.0 Å². The zero-order valence-electron chi connectivity index (χ0n) is 10.7. The Bertz CT molecular complexity index is 577. The van der Waals surface area contributed by atoms with E-state index in [9.17, 15) is 0 Å². The third kappa shape index (κ3) is 3.73. The van der Waals surface area contributed by atoms with Crippen molar-refractivity contribution in [1.29, 1.82) is 0 Å². The summed E-state index contributed by atoms with van der Waals surface area (Å²) < 4.78 is 0. The van der Waals surface area contributed by atoms with Gasteiger partial charge in [0.25, 0.3) is 0 Å². The van der Waals surface area contributed by atoms with Gasteiger partial charge < -0.3 is 0 Å². The van der Waals surface area contributed by atoms with Gasteiger partial charge in [0.15, 0.2) is 0 Å². The Labute approximate surface area is 131 Å². The van der Waals surface area contributed by atoms with Crippen LogP contribution in [0.2, 0.25) is 0 Å². The van der Waals surface area contributed by atoms with Gasteiger partial charge in [-0.2, -0.15) is 0 Å². The first-order valence-electron chi connectivity index (χ1n) is 6.07. The van der Waals surface area contributed by atoms with Crippen LogP contribution in [0.1, 0.15) is 18.1 Å². The molecule has 0 bridgehead atoms. The second-order valence-electron chi connectivity index (χ2n) is 4.48. The molecule has 2 aromatic carbocycles. The maximum absolute atomic E-state index is 4.89. The molecule has 0 radical (unpaired) electrons. The van der Waals surface area contributed by atoms with Gasteiger partial charge in [0, 0.05) is 0 Å². The summed E-state index contributed by atoms with van der Waals surface area (Å²) in [6.45, 7) is 2.20. The number of fused-ring (bicyclic) bond motifs is 1. The summed E-state index contributed by atoms with van der Waals surface area (Å²) in [5, 5.41) is 0. The number of rotatable bonds is 1. The summed E-state index contributed by atoms with van der Waals surface area (Å²) in [4.78, 5) is 0. The van der Waals surface area contributed by atoms with Crippen LogP contribution in [0.15, 0.2) is 54.1 Å². The molecule has 0 saturated carbocycles. The first kappa shape index (κ1) is 14.9. The third-order valence-electron chi connectivity index (χ3n) is 3.14. The van der Waals surface area contributed by atoms with Crippen LogP contribution in [0, 0.1) is 0 Å². The summed E-state index contributed by atoms with van der Waals surface area (Å²) in [5.41, 5.74) is 6.99. The van der Waals surface area contributed by atoms with E-state index >= 15 is 0 Å². The van der Waals surface area contributed by atoms with Crippen molar-refractivity contribution in [3.05, 3.63) is 65.2 Å². The summed E-state index contributed by atoms with van der Waals surface area (Å²) in [5.74, 6) is 0. The second kappa shape index (κ2) is 7.31. The molecule has 1 aliphatic carbocycles. The van der Waals surface area contributed by atoms with E-state index in [1.165, 1.54) is 27.8 Å². The van der Waals surface area contributed by atoms with Crippen molar-refractivity contribution >= 4 is 24.7 Å². The van der Waals surface area contributed by atoms with Crippen LogP contribution < -0.4 is 0 Å². The Morgan fingerprint density at radius 1 is 0.947 bits per heavy atom. The van der Waals surface area contributed by atoms with E-state index in [1.807, 2.05) is 0 Å². The van der Waals surface area contributed by atoms with Gasteiger partial charge in [0.2, 0.25) is 0 Å². The van der Waals surface area contributed by atoms with E-state index in [4.69, 9.17) is 18.6 Å². The molecule has 0 atom stereocenters. The van der Waals surface area contributed by atoms with E-state index in [-0.39, 0.29) is 0 Å². The first-order valence-corrected chi connectivity index (χ1v) is 10.4. The fraction of sp³-hybridized carbons (Fsp3) is 0.125. The average Bonchev–Trinajstić information content (AvgIpc) is 2.80. The Kier molecular flexibility index (Phi) is 5.72. The Morgan fingerprint density at radius 2 is 1.63 bits per heavy atom. The molecule has 0 spiro atoms. The summed E-state index contributed by atoms with van der Waals surface area (Å²) in [6.07, 6.45) is 3.42. The maximum atomic E-state index is 4.89. The van der Waals surface area contributed by atoms with Crippen LogP contribution in [0.25, 0.3) is 17.2 Å². The minimum absolute atomic E-state index is 0.556. The molecule has 2 aromatic rings. The number of hydrogen-bond acceptors (Lipinski definition) is 0. The minimum atomic E-state index is -0.556. The molecule has 0 aromatic heterocycles. The molecule has 1 aliphatic rings. The van der Waals surface area contributed by atoms with Gasteiger partial charge in [-0.3, -0.25) is 0 Å². The normalized spacial score (nSPS) is 12.1. The van der Waals surface area contributed by atoms with Crippen molar-refractivity contribution in [2.24, 2.45) is 0 Å². The number of hydrogen-bond donors (Lipinski definition) is 0. The Balaban J connectivity index is 0.000000408. The van der Waals surface area contributed by atoms with Crippen molar-refractivity contribution in [3.63, 3.8) is 0 Å². The topological polar surface area (TPSA) is 0 Å². The zero-order valence-corrected chi connectivity index (χ0v) is 13.7. The van der Waals surface area contributed by atoms with Gasteiger partial charge in [-0.05, 0) is 35.6 Å². The molecule has 0 unspecified atom stereocenters. The number of benzene rings is 2. The van der Waals surface area contributed by atoms with Crippen molar-refractivity contribution in [1.82, 2.24) is 0 Å². The monoisotopic (exact) mass is 324 g/mol. The molecule has 0 heterocycles. The van der Waals surface area contributed by atoms with Gasteiger partial charge in [0.1, 0.15) is 0 Å². The predicted molar refractivity (Wildman–Crippen MR) is 80.9 cm³/mol. The summed E-state index contributed by atoms with van der Waals surface area (Å²) >= 11 is -0.556. The van der Waals surface area contributed by atoms with Crippen LogP contribution in [0.3, 0.4) is 0 Å². The van der Waals surface area contributed by atoms with Gasteiger partial charge >= 0.3 is 35.6 Å². The van der Waals surface area contributed by atoms with Crippen molar-refractivity contribution in [2.75, 3.05) is 0 Å².